The molecule has 1 atom stereocenters. The Morgan fingerprint density at radius 3 is 3.18 bits per heavy atom. The molecule has 1 N–H and O–H groups in total. The van der Waals surface area contributed by atoms with Crippen molar-refractivity contribution in [3.05, 3.63) is 24.1 Å². The van der Waals surface area contributed by atoms with Crippen LogP contribution in [0.25, 0.3) is 0 Å². The van der Waals surface area contributed by atoms with Gasteiger partial charge in [0.1, 0.15) is 5.82 Å². The zero-order chi connectivity index (χ0) is 12.3. The SMILES string of the molecule is CCC(=O)N1CCC(Nc2cccc(F)n2)C1. The highest BCUT2D eigenvalue weighted by Gasteiger charge is 2.25. The first kappa shape index (κ1) is 11.8. The second-order valence-electron chi connectivity index (χ2n) is 4.17. The van der Waals surface area contributed by atoms with Gasteiger partial charge in [-0.25, -0.2) is 4.98 Å². The summed E-state index contributed by atoms with van der Waals surface area (Å²) < 4.78 is 12.9. The zero-order valence-corrected chi connectivity index (χ0v) is 9.82. The fourth-order valence-corrected chi connectivity index (χ4v) is 2.03. The van der Waals surface area contributed by atoms with Gasteiger partial charge in [0.15, 0.2) is 0 Å². The number of pyridine rings is 1. The lowest BCUT2D eigenvalue weighted by Gasteiger charge is -2.16. The minimum atomic E-state index is -0.491. The largest absolute Gasteiger partial charge is 0.365 e. The molecule has 2 heterocycles. The number of rotatable bonds is 3. The summed E-state index contributed by atoms with van der Waals surface area (Å²) >= 11 is 0. The Morgan fingerprint density at radius 1 is 1.65 bits per heavy atom. The molecular weight excluding hydrogens is 221 g/mol. The molecule has 5 heteroatoms. The van der Waals surface area contributed by atoms with Crippen LogP contribution in [0.4, 0.5) is 10.2 Å². The van der Waals surface area contributed by atoms with Crippen LogP contribution < -0.4 is 5.32 Å². The van der Waals surface area contributed by atoms with Gasteiger partial charge < -0.3 is 10.2 Å². The number of carbonyl (C=O) groups is 1. The lowest BCUT2D eigenvalue weighted by Crippen LogP contribution is -2.31. The smallest absolute Gasteiger partial charge is 0.222 e. The predicted molar refractivity (Wildman–Crippen MR) is 63.1 cm³/mol. The van der Waals surface area contributed by atoms with Gasteiger partial charge in [0.25, 0.3) is 0 Å². The lowest BCUT2D eigenvalue weighted by molar-refractivity contribution is -0.129. The van der Waals surface area contributed by atoms with Crippen LogP contribution in [0.15, 0.2) is 18.2 Å². The van der Waals surface area contributed by atoms with E-state index in [1.54, 1.807) is 12.1 Å². The van der Waals surface area contributed by atoms with E-state index >= 15 is 0 Å². The summed E-state index contributed by atoms with van der Waals surface area (Å²) in [6.45, 7) is 3.29. The topological polar surface area (TPSA) is 45.2 Å². The summed E-state index contributed by atoms with van der Waals surface area (Å²) in [5.41, 5.74) is 0. The van der Waals surface area contributed by atoms with E-state index in [9.17, 15) is 9.18 Å². The van der Waals surface area contributed by atoms with Crippen LogP contribution in [0.5, 0.6) is 0 Å². The van der Waals surface area contributed by atoms with Gasteiger partial charge in [-0.05, 0) is 18.6 Å². The van der Waals surface area contributed by atoms with Crippen molar-refractivity contribution in [1.29, 1.82) is 0 Å². The van der Waals surface area contributed by atoms with Gasteiger partial charge in [-0.3, -0.25) is 4.79 Å². The zero-order valence-electron chi connectivity index (χ0n) is 9.82. The maximum Gasteiger partial charge on any atom is 0.222 e. The number of nitrogens with one attached hydrogen (secondary N) is 1. The highest BCUT2D eigenvalue weighted by Crippen LogP contribution is 2.15. The number of nitrogens with zero attached hydrogens (tertiary/aromatic N) is 2. The van der Waals surface area contributed by atoms with E-state index in [0.717, 1.165) is 13.0 Å². The fraction of sp³-hybridized carbons (Fsp3) is 0.500. The monoisotopic (exact) mass is 237 g/mol. The Hall–Kier alpha value is -1.65. The number of anilines is 1. The van der Waals surface area contributed by atoms with Gasteiger partial charge in [0.2, 0.25) is 11.9 Å². The first-order chi connectivity index (χ1) is 8.19. The number of aromatic nitrogens is 1. The van der Waals surface area contributed by atoms with Crippen molar-refractivity contribution in [2.24, 2.45) is 0 Å². The van der Waals surface area contributed by atoms with E-state index in [1.807, 2.05) is 11.8 Å². The second-order valence-corrected chi connectivity index (χ2v) is 4.17. The Kier molecular flexibility index (Phi) is 3.56. The molecule has 4 nitrogen and oxygen atoms in total. The number of hydrogen-bond acceptors (Lipinski definition) is 3. The summed E-state index contributed by atoms with van der Waals surface area (Å²) in [4.78, 5) is 17.1. The van der Waals surface area contributed by atoms with Crippen molar-refractivity contribution in [2.45, 2.75) is 25.8 Å². The Morgan fingerprint density at radius 2 is 2.47 bits per heavy atom. The minimum absolute atomic E-state index is 0.166. The molecule has 0 bridgehead atoms. The van der Waals surface area contributed by atoms with E-state index < -0.39 is 5.95 Å². The number of hydrogen-bond donors (Lipinski definition) is 1. The van der Waals surface area contributed by atoms with Gasteiger partial charge in [0.05, 0.1) is 0 Å². The van der Waals surface area contributed by atoms with Gasteiger partial charge >= 0.3 is 0 Å². The Balaban J connectivity index is 1.92. The first-order valence-electron chi connectivity index (χ1n) is 5.86. The van der Waals surface area contributed by atoms with Crippen LogP contribution in [0.3, 0.4) is 0 Å². The Bertz CT molecular complexity index is 410. The van der Waals surface area contributed by atoms with Crippen LogP contribution in [0.1, 0.15) is 19.8 Å². The van der Waals surface area contributed by atoms with Crippen LogP contribution in [0.2, 0.25) is 0 Å². The van der Waals surface area contributed by atoms with Gasteiger partial charge in [-0.2, -0.15) is 4.39 Å². The summed E-state index contributed by atoms with van der Waals surface area (Å²) in [5, 5.41) is 3.15. The van der Waals surface area contributed by atoms with E-state index in [4.69, 9.17) is 0 Å². The second kappa shape index (κ2) is 5.12. The van der Waals surface area contributed by atoms with Crippen molar-refractivity contribution in [3.8, 4) is 0 Å². The molecule has 0 radical (unpaired) electrons. The molecule has 92 valence electrons. The van der Waals surface area contributed by atoms with Crippen LogP contribution in [0, 0.1) is 5.95 Å². The molecule has 1 aromatic heterocycles. The van der Waals surface area contributed by atoms with Crippen molar-refractivity contribution >= 4 is 11.7 Å². The highest BCUT2D eigenvalue weighted by atomic mass is 19.1. The molecule has 2 rings (SSSR count). The maximum absolute atomic E-state index is 12.9. The molecule has 1 aromatic rings. The predicted octanol–water partition coefficient (Wildman–Crippen LogP) is 1.64. The van der Waals surface area contributed by atoms with Crippen molar-refractivity contribution < 1.29 is 9.18 Å². The van der Waals surface area contributed by atoms with E-state index in [-0.39, 0.29) is 11.9 Å². The van der Waals surface area contributed by atoms with E-state index in [0.29, 0.717) is 18.8 Å². The average Bonchev–Trinajstić information content (AvgIpc) is 2.76. The first-order valence-corrected chi connectivity index (χ1v) is 5.86. The van der Waals surface area contributed by atoms with Crippen molar-refractivity contribution in [1.82, 2.24) is 9.88 Å². The molecule has 17 heavy (non-hydrogen) atoms. The number of likely N-dealkylation sites (tertiary alicyclic amines) is 1. The average molecular weight is 237 g/mol. The molecule has 0 aliphatic carbocycles. The van der Waals surface area contributed by atoms with Gasteiger partial charge in [-0.1, -0.05) is 13.0 Å². The third kappa shape index (κ3) is 2.93. The molecule has 0 spiro atoms. The van der Waals surface area contributed by atoms with Crippen molar-refractivity contribution in [3.63, 3.8) is 0 Å². The van der Waals surface area contributed by atoms with E-state index in [1.165, 1.54) is 6.07 Å². The van der Waals surface area contributed by atoms with Crippen LogP contribution in [-0.4, -0.2) is 34.9 Å². The standard InChI is InChI=1S/C12H16FN3O/c1-2-12(17)16-7-6-9(8-16)14-11-5-3-4-10(13)15-11/h3-5,9H,2,6-8H2,1H3,(H,14,15). The summed E-state index contributed by atoms with van der Waals surface area (Å²) in [7, 11) is 0. The normalized spacial score (nSPS) is 19.4. The van der Waals surface area contributed by atoms with Crippen molar-refractivity contribution in [2.75, 3.05) is 18.4 Å². The third-order valence-electron chi connectivity index (χ3n) is 2.91. The minimum Gasteiger partial charge on any atom is -0.365 e. The van der Waals surface area contributed by atoms with Gasteiger partial charge in [-0.15, -0.1) is 0 Å². The lowest BCUT2D eigenvalue weighted by atomic mass is 10.2. The molecular formula is C12H16FN3O. The van der Waals surface area contributed by atoms with E-state index in [2.05, 4.69) is 10.3 Å². The molecule has 0 saturated carbocycles. The van der Waals surface area contributed by atoms with Crippen LogP contribution >= 0.6 is 0 Å². The summed E-state index contributed by atoms with van der Waals surface area (Å²) in [6.07, 6.45) is 1.41. The molecule has 1 aliphatic rings. The fourth-order valence-electron chi connectivity index (χ4n) is 2.03. The summed E-state index contributed by atoms with van der Waals surface area (Å²) in [5.74, 6) is 0.205. The number of carbonyl (C=O) groups excluding carboxylic acids is 1. The van der Waals surface area contributed by atoms with Crippen LogP contribution in [-0.2, 0) is 4.79 Å². The molecule has 1 fully saturated rings. The molecule has 1 aliphatic heterocycles. The maximum atomic E-state index is 12.9. The Labute approximate surface area is 99.8 Å². The number of amides is 1. The third-order valence-corrected chi connectivity index (χ3v) is 2.91. The number of halogens is 1. The molecule has 1 saturated heterocycles. The molecule has 1 unspecified atom stereocenters. The summed E-state index contributed by atoms with van der Waals surface area (Å²) in [6, 6.07) is 4.83. The molecule has 0 aromatic carbocycles. The quantitative estimate of drug-likeness (QED) is 0.813. The van der Waals surface area contributed by atoms with Gasteiger partial charge in [0, 0.05) is 25.6 Å². The highest BCUT2D eigenvalue weighted by molar-refractivity contribution is 5.76. The molecule has 1 amide bonds.